The Morgan fingerprint density at radius 2 is 1.81 bits per heavy atom. The van der Waals surface area contributed by atoms with Crippen molar-refractivity contribution in [1.29, 1.82) is 0 Å². The predicted molar refractivity (Wildman–Crippen MR) is 118 cm³/mol. The van der Waals surface area contributed by atoms with Gasteiger partial charge in [-0.3, -0.25) is 9.59 Å². The highest BCUT2D eigenvalue weighted by molar-refractivity contribution is 6.30. The van der Waals surface area contributed by atoms with Crippen LogP contribution in [0.2, 0.25) is 5.02 Å². The van der Waals surface area contributed by atoms with Gasteiger partial charge in [0.05, 0.1) is 18.5 Å². The van der Waals surface area contributed by atoms with Crippen molar-refractivity contribution in [2.45, 2.75) is 0 Å². The number of aromatic nitrogens is 2. The topological polar surface area (TPSA) is 80.4 Å². The van der Waals surface area contributed by atoms with Crippen molar-refractivity contribution in [2.75, 3.05) is 18.9 Å². The number of benzene rings is 2. The van der Waals surface area contributed by atoms with Crippen LogP contribution in [0, 0.1) is 0 Å². The molecule has 2 heterocycles. The van der Waals surface area contributed by atoms with Gasteiger partial charge in [-0.1, -0.05) is 29.8 Å². The first kappa shape index (κ1) is 20.4. The summed E-state index contributed by atoms with van der Waals surface area (Å²) in [5.74, 6) is -0.125. The molecule has 0 aliphatic rings. The van der Waals surface area contributed by atoms with Crippen LogP contribution in [-0.2, 0) is 4.79 Å². The number of furan rings is 1. The molecule has 8 heteroatoms. The van der Waals surface area contributed by atoms with Crippen molar-refractivity contribution >= 4 is 29.1 Å². The Labute approximate surface area is 183 Å². The summed E-state index contributed by atoms with van der Waals surface area (Å²) in [5.41, 5.74) is 2.19. The van der Waals surface area contributed by atoms with E-state index in [1.54, 1.807) is 72.6 Å². The molecule has 0 radical (unpaired) electrons. The third-order valence-corrected chi connectivity index (χ3v) is 4.81. The molecule has 0 bridgehead atoms. The lowest BCUT2D eigenvalue weighted by Crippen LogP contribution is -2.35. The number of carbonyl (C=O) groups excluding carboxylic acids is 2. The van der Waals surface area contributed by atoms with Crippen LogP contribution in [0.15, 0.2) is 83.5 Å². The van der Waals surface area contributed by atoms with Gasteiger partial charge < -0.3 is 14.6 Å². The Bertz CT molecular complexity index is 1190. The predicted octanol–water partition coefficient (Wildman–Crippen LogP) is 4.50. The lowest BCUT2D eigenvalue weighted by Gasteiger charge is -2.15. The second-order valence-electron chi connectivity index (χ2n) is 6.86. The van der Waals surface area contributed by atoms with Crippen LogP contribution < -0.4 is 5.32 Å². The van der Waals surface area contributed by atoms with E-state index in [1.807, 2.05) is 18.2 Å². The summed E-state index contributed by atoms with van der Waals surface area (Å²) in [6.45, 7) is -0.113. The first-order valence-corrected chi connectivity index (χ1v) is 9.89. The van der Waals surface area contributed by atoms with Crippen molar-refractivity contribution in [3.8, 4) is 17.1 Å². The highest BCUT2D eigenvalue weighted by atomic mass is 35.5. The number of amides is 2. The molecule has 2 aromatic heterocycles. The van der Waals surface area contributed by atoms with E-state index in [0.29, 0.717) is 22.2 Å². The molecular weight excluding hydrogens is 416 g/mol. The van der Waals surface area contributed by atoms with Gasteiger partial charge in [0.2, 0.25) is 5.91 Å². The van der Waals surface area contributed by atoms with Crippen LogP contribution in [-0.4, -0.2) is 40.1 Å². The van der Waals surface area contributed by atoms with Crippen LogP contribution in [0.3, 0.4) is 0 Å². The number of nitrogens with one attached hydrogen (secondary N) is 1. The maximum atomic E-state index is 13.0. The van der Waals surface area contributed by atoms with Crippen LogP contribution >= 0.6 is 11.6 Å². The SMILES string of the molecule is CN(CC(=O)Nc1ccccc1)C(=O)c1cc(-c2ccco2)n(-c2ccc(Cl)cc2)n1. The highest BCUT2D eigenvalue weighted by Gasteiger charge is 2.22. The Balaban J connectivity index is 1.57. The van der Waals surface area contributed by atoms with Crippen LogP contribution in [0.5, 0.6) is 0 Å². The second-order valence-corrected chi connectivity index (χ2v) is 7.29. The summed E-state index contributed by atoms with van der Waals surface area (Å²) >= 11 is 6.00. The summed E-state index contributed by atoms with van der Waals surface area (Å²) in [5, 5.41) is 7.83. The standard InChI is InChI=1S/C23H19ClN4O3/c1-27(15-22(29)25-17-6-3-2-4-7-17)23(30)19-14-20(21-8-5-13-31-21)28(26-19)18-11-9-16(24)10-12-18/h2-14H,15H2,1H3,(H,25,29). The highest BCUT2D eigenvalue weighted by Crippen LogP contribution is 2.25. The largest absolute Gasteiger partial charge is 0.463 e. The molecule has 0 fully saturated rings. The fourth-order valence-electron chi connectivity index (χ4n) is 3.07. The van der Waals surface area contributed by atoms with Gasteiger partial charge in [0.15, 0.2) is 11.5 Å². The van der Waals surface area contributed by atoms with E-state index in [9.17, 15) is 9.59 Å². The number of anilines is 1. The summed E-state index contributed by atoms with van der Waals surface area (Å²) in [7, 11) is 1.56. The molecular formula is C23H19ClN4O3. The van der Waals surface area contributed by atoms with Crippen LogP contribution in [0.4, 0.5) is 5.69 Å². The van der Waals surface area contributed by atoms with E-state index in [-0.39, 0.29) is 24.1 Å². The number of hydrogen-bond donors (Lipinski definition) is 1. The molecule has 0 atom stereocenters. The number of carbonyl (C=O) groups is 2. The smallest absolute Gasteiger partial charge is 0.274 e. The first-order valence-electron chi connectivity index (χ1n) is 9.51. The van der Waals surface area contributed by atoms with Gasteiger partial charge in [0.1, 0.15) is 5.69 Å². The Kier molecular flexibility index (Phi) is 5.86. The monoisotopic (exact) mass is 434 g/mol. The van der Waals surface area contributed by atoms with E-state index in [2.05, 4.69) is 10.4 Å². The van der Waals surface area contributed by atoms with Gasteiger partial charge in [-0.2, -0.15) is 5.10 Å². The lowest BCUT2D eigenvalue weighted by atomic mass is 10.2. The molecule has 0 spiro atoms. The third kappa shape index (κ3) is 4.67. The molecule has 4 rings (SSSR count). The van der Waals surface area contributed by atoms with Gasteiger partial charge in [0.25, 0.3) is 5.91 Å². The zero-order valence-electron chi connectivity index (χ0n) is 16.7. The van der Waals surface area contributed by atoms with E-state index >= 15 is 0 Å². The molecule has 1 N–H and O–H groups in total. The molecule has 0 unspecified atom stereocenters. The molecule has 2 amide bonds. The van der Waals surface area contributed by atoms with Crippen molar-refractivity contribution in [3.05, 3.63) is 89.8 Å². The maximum Gasteiger partial charge on any atom is 0.274 e. The van der Waals surface area contributed by atoms with E-state index < -0.39 is 0 Å². The minimum atomic E-state index is -0.385. The van der Waals surface area contributed by atoms with E-state index in [4.69, 9.17) is 16.0 Å². The molecule has 0 aliphatic heterocycles. The van der Waals surface area contributed by atoms with Crippen LogP contribution in [0.25, 0.3) is 17.1 Å². The average molecular weight is 435 g/mol. The number of likely N-dealkylation sites (N-methyl/N-ethyl adjacent to an activating group) is 1. The summed E-state index contributed by atoms with van der Waals surface area (Å²) in [4.78, 5) is 26.6. The zero-order chi connectivity index (χ0) is 21.8. The number of rotatable bonds is 6. The normalized spacial score (nSPS) is 10.6. The Hall–Kier alpha value is -3.84. The van der Waals surface area contributed by atoms with Gasteiger partial charge in [-0.05, 0) is 48.5 Å². The molecule has 0 saturated heterocycles. The van der Waals surface area contributed by atoms with Gasteiger partial charge in [0, 0.05) is 23.8 Å². The second kappa shape index (κ2) is 8.89. The summed E-state index contributed by atoms with van der Waals surface area (Å²) < 4.78 is 7.13. The molecule has 0 saturated carbocycles. The number of para-hydroxylation sites is 1. The fraction of sp³-hybridized carbons (Fsp3) is 0.0870. The molecule has 0 aliphatic carbocycles. The van der Waals surface area contributed by atoms with Gasteiger partial charge >= 0.3 is 0 Å². The lowest BCUT2D eigenvalue weighted by molar-refractivity contribution is -0.116. The van der Waals surface area contributed by atoms with Gasteiger partial charge in [-0.25, -0.2) is 4.68 Å². The molecule has 7 nitrogen and oxygen atoms in total. The molecule has 2 aromatic carbocycles. The molecule has 156 valence electrons. The first-order chi connectivity index (χ1) is 15.0. The summed E-state index contributed by atoms with van der Waals surface area (Å²) in [6, 6.07) is 21.3. The Morgan fingerprint density at radius 1 is 1.06 bits per heavy atom. The number of hydrogen-bond acceptors (Lipinski definition) is 4. The maximum absolute atomic E-state index is 13.0. The van der Waals surface area contributed by atoms with Crippen molar-refractivity contribution in [3.63, 3.8) is 0 Å². The quantitative estimate of drug-likeness (QED) is 0.484. The van der Waals surface area contributed by atoms with Crippen molar-refractivity contribution in [2.24, 2.45) is 0 Å². The third-order valence-electron chi connectivity index (χ3n) is 4.56. The average Bonchev–Trinajstić information content (AvgIpc) is 3.44. The van der Waals surface area contributed by atoms with Crippen molar-refractivity contribution in [1.82, 2.24) is 14.7 Å². The fourth-order valence-corrected chi connectivity index (χ4v) is 3.20. The minimum absolute atomic E-state index is 0.113. The van der Waals surface area contributed by atoms with Gasteiger partial charge in [-0.15, -0.1) is 0 Å². The molecule has 31 heavy (non-hydrogen) atoms. The summed E-state index contributed by atoms with van der Waals surface area (Å²) in [6.07, 6.45) is 1.55. The number of nitrogens with zero attached hydrogens (tertiary/aromatic N) is 3. The zero-order valence-corrected chi connectivity index (χ0v) is 17.4. The van der Waals surface area contributed by atoms with Crippen LogP contribution in [0.1, 0.15) is 10.5 Å². The minimum Gasteiger partial charge on any atom is -0.463 e. The Morgan fingerprint density at radius 3 is 2.48 bits per heavy atom. The number of halogens is 1. The van der Waals surface area contributed by atoms with E-state index in [0.717, 1.165) is 5.69 Å². The van der Waals surface area contributed by atoms with E-state index in [1.165, 1.54) is 4.90 Å². The van der Waals surface area contributed by atoms with Crippen molar-refractivity contribution < 1.29 is 14.0 Å². The molecule has 4 aromatic rings.